The van der Waals surface area contributed by atoms with E-state index in [1.165, 1.54) is 0 Å². The summed E-state index contributed by atoms with van der Waals surface area (Å²) in [5.41, 5.74) is 6.39. The maximum atomic E-state index is 12.2. The SMILES string of the molecule is COc1cccc(CCC(=O)N2CCC(C(N)=O)CC2)c1. The van der Waals surface area contributed by atoms with Gasteiger partial charge in [-0.2, -0.15) is 0 Å². The summed E-state index contributed by atoms with van der Waals surface area (Å²) in [6, 6.07) is 7.76. The van der Waals surface area contributed by atoms with Crippen molar-refractivity contribution in [3.8, 4) is 5.75 Å². The number of hydrogen-bond acceptors (Lipinski definition) is 3. The van der Waals surface area contributed by atoms with Crippen LogP contribution in [-0.4, -0.2) is 36.9 Å². The first-order valence-corrected chi connectivity index (χ1v) is 7.30. The molecule has 2 N–H and O–H groups in total. The van der Waals surface area contributed by atoms with Crippen LogP contribution >= 0.6 is 0 Å². The van der Waals surface area contributed by atoms with Gasteiger partial charge in [-0.3, -0.25) is 9.59 Å². The summed E-state index contributed by atoms with van der Waals surface area (Å²) in [4.78, 5) is 25.1. The van der Waals surface area contributed by atoms with E-state index in [1.54, 1.807) is 7.11 Å². The Bertz CT molecular complexity index is 508. The summed E-state index contributed by atoms with van der Waals surface area (Å²) < 4.78 is 5.17. The van der Waals surface area contributed by atoms with Gasteiger partial charge in [-0.15, -0.1) is 0 Å². The fourth-order valence-corrected chi connectivity index (χ4v) is 2.65. The van der Waals surface area contributed by atoms with E-state index < -0.39 is 0 Å². The first kappa shape index (κ1) is 15.4. The van der Waals surface area contributed by atoms with Gasteiger partial charge in [-0.25, -0.2) is 0 Å². The van der Waals surface area contributed by atoms with E-state index in [9.17, 15) is 9.59 Å². The minimum absolute atomic E-state index is 0.0764. The summed E-state index contributed by atoms with van der Waals surface area (Å²) in [6.07, 6.45) is 2.54. The molecule has 0 aromatic heterocycles. The van der Waals surface area contributed by atoms with Gasteiger partial charge in [0.25, 0.3) is 0 Å². The Kier molecular flexibility index (Phi) is 5.20. The van der Waals surface area contributed by atoms with Crippen LogP contribution in [0.5, 0.6) is 5.75 Å². The molecule has 0 radical (unpaired) electrons. The van der Waals surface area contributed by atoms with Gasteiger partial charge < -0.3 is 15.4 Å². The molecule has 0 saturated carbocycles. The van der Waals surface area contributed by atoms with Crippen LogP contribution in [0.1, 0.15) is 24.8 Å². The average Bonchev–Trinajstić information content (AvgIpc) is 2.53. The zero-order valence-electron chi connectivity index (χ0n) is 12.4. The zero-order chi connectivity index (χ0) is 15.2. The van der Waals surface area contributed by atoms with Crippen LogP contribution in [0.15, 0.2) is 24.3 Å². The maximum Gasteiger partial charge on any atom is 0.222 e. The standard InChI is InChI=1S/C16H22N2O3/c1-21-14-4-2-3-12(11-14)5-6-15(19)18-9-7-13(8-10-18)16(17)20/h2-4,11,13H,5-10H2,1H3,(H2,17,20). The average molecular weight is 290 g/mol. The van der Waals surface area contributed by atoms with Crippen molar-refractivity contribution in [3.63, 3.8) is 0 Å². The number of rotatable bonds is 5. The molecule has 0 aliphatic carbocycles. The minimum Gasteiger partial charge on any atom is -0.497 e. The van der Waals surface area contributed by atoms with Gasteiger partial charge in [0.2, 0.25) is 11.8 Å². The van der Waals surface area contributed by atoms with Gasteiger partial charge in [0, 0.05) is 25.4 Å². The van der Waals surface area contributed by atoms with Gasteiger partial charge in [-0.05, 0) is 37.0 Å². The van der Waals surface area contributed by atoms with E-state index in [0.29, 0.717) is 38.8 Å². The Labute approximate surface area is 125 Å². The fraction of sp³-hybridized carbons (Fsp3) is 0.500. The molecule has 21 heavy (non-hydrogen) atoms. The predicted molar refractivity (Wildman–Crippen MR) is 79.8 cm³/mol. The highest BCUT2D eigenvalue weighted by molar-refractivity contribution is 5.79. The molecule has 1 heterocycles. The van der Waals surface area contributed by atoms with Crippen molar-refractivity contribution in [3.05, 3.63) is 29.8 Å². The van der Waals surface area contributed by atoms with Crippen LogP contribution in [0.3, 0.4) is 0 Å². The molecule has 5 nitrogen and oxygen atoms in total. The molecule has 2 amide bonds. The summed E-state index contributed by atoms with van der Waals surface area (Å²) in [5, 5.41) is 0. The molecular formula is C16H22N2O3. The summed E-state index contributed by atoms with van der Waals surface area (Å²) in [5.74, 6) is 0.619. The number of carbonyl (C=O) groups excluding carboxylic acids is 2. The Morgan fingerprint density at radius 3 is 2.67 bits per heavy atom. The molecule has 0 bridgehead atoms. The van der Waals surface area contributed by atoms with E-state index in [2.05, 4.69) is 0 Å². The van der Waals surface area contributed by atoms with Crippen LogP contribution in [0, 0.1) is 5.92 Å². The number of nitrogens with two attached hydrogens (primary N) is 1. The Morgan fingerprint density at radius 1 is 1.33 bits per heavy atom. The molecule has 2 rings (SSSR count). The molecule has 5 heteroatoms. The minimum atomic E-state index is -0.251. The molecule has 1 aromatic carbocycles. The normalized spacial score (nSPS) is 15.8. The van der Waals surface area contributed by atoms with Crippen molar-refractivity contribution >= 4 is 11.8 Å². The topological polar surface area (TPSA) is 72.6 Å². The highest BCUT2D eigenvalue weighted by Gasteiger charge is 2.25. The molecule has 0 atom stereocenters. The second kappa shape index (κ2) is 7.11. The smallest absolute Gasteiger partial charge is 0.222 e. The third-order valence-corrected chi connectivity index (χ3v) is 4.01. The number of hydrogen-bond donors (Lipinski definition) is 1. The molecule has 1 saturated heterocycles. The monoisotopic (exact) mass is 290 g/mol. The lowest BCUT2D eigenvalue weighted by molar-refractivity contribution is -0.134. The van der Waals surface area contributed by atoms with Crippen LogP contribution in [0.25, 0.3) is 0 Å². The fourth-order valence-electron chi connectivity index (χ4n) is 2.65. The van der Waals surface area contributed by atoms with Crippen LogP contribution in [0.4, 0.5) is 0 Å². The molecule has 1 fully saturated rings. The molecule has 0 unspecified atom stereocenters. The van der Waals surface area contributed by atoms with Crippen LogP contribution in [-0.2, 0) is 16.0 Å². The van der Waals surface area contributed by atoms with Gasteiger partial charge in [0.05, 0.1) is 7.11 Å². The number of methoxy groups -OCH3 is 1. The van der Waals surface area contributed by atoms with Crippen LogP contribution < -0.4 is 10.5 Å². The van der Waals surface area contributed by atoms with Crippen LogP contribution in [0.2, 0.25) is 0 Å². The third-order valence-electron chi connectivity index (χ3n) is 4.01. The van der Waals surface area contributed by atoms with E-state index in [4.69, 9.17) is 10.5 Å². The number of aryl methyl sites for hydroxylation is 1. The molecule has 0 spiro atoms. The van der Waals surface area contributed by atoms with Crippen molar-refractivity contribution < 1.29 is 14.3 Å². The number of primary amides is 1. The lowest BCUT2D eigenvalue weighted by atomic mass is 9.96. The molecular weight excluding hydrogens is 268 g/mol. The van der Waals surface area contributed by atoms with Gasteiger partial charge in [0.1, 0.15) is 5.75 Å². The number of benzene rings is 1. The summed E-state index contributed by atoms with van der Waals surface area (Å²) in [6.45, 7) is 1.26. The van der Waals surface area contributed by atoms with E-state index in [1.807, 2.05) is 29.2 Å². The Morgan fingerprint density at radius 2 is 2.05 bits per heavy atom. The Hall–Kier alpha value is -2.04. The number of piperidine rings is 1. The molecule has 1 aromatic rings. The van der Waals surface area contributed by atoms with Crippen molar-refractivity contribution in [2.45, 2.75) is 25.7 Å². The highest BCUT2D eigenvalue weighted by Crippen LogP contribution is 2.18. The third kappa shape index (κ3) is 4.21. The van der Waals surface area contributed by atoms with Crippen molar-refractivity contribution in [2.24, 2.45) is 11.7 Å². The second-order valence-electron chi connectivity index (χ2n) is 5.41. The summed E-state index contributed by atoms with van der Waals surface area (Å²) in [7, 11) is 1.63. The molecule has 1 aliphatic rings. The maximum absolute atomic E-state index is 12.2. The van der Waals surface area contributed by atoms with Crippen molar-refractivity contribution in [1.82, 2.24) is 4.90 Å². The zero-order valence-corrected chi connectivity index (χ0v) is 12.4. The first-order valence-electron chi connectivity index (χ1n) is 7.30. The number of carbonyl (C=O) groups is 2. The number of amides is 2. The lowest BCUT2D eigenvalue weighted by Crippen LogP contribution is -2.41. The van der Waals surface area contributed by atoms with E-state index in [-0.39, 0.29) is 17.7 Å². The highest BCUT2D eigenvalue weighted by atomic mass is 16.5. The summed E-state index contributed by atoms with van der Waals surface area (Å²) >= 11 is 0. The second-order valence-corrected chi connectivity index (χ2v) is 5.41. The quantitative estimate of drug-likeness (QED) is 0.889. The van der Waals surface area contributed by atoms with Crippen molar-refractivity contribution in [2.75, 3.05) is 20.2 Å². The first-order chi connectivity index (χ1) is 10.1. The largest absolute Gasteiger partial charge is 0.497 e. The molecule has 1 aliphatic heterocycles. The molecule has 114 valence electrons. The van der Waals surface area contributed by atoms with E-state index in [0.717, 1.165) is 11.3 Å². The lowest BCUT2D eigenvalue weighted by Gasteiger charge is -2.30. The number of likely N-dealkylation sites (tertiary alicyclic amines) is 1. The van der Waals surface area contributed by atoms with E-state index >= 15 is 0 Å². The van der Waals surface area contributed by atoms with Gasteiger partial charge in [-0.1, -0.05) is 12.1 Å². The predicted octanol–water partition coefficient (Wildman–Crippen LogP) is 1.35. The van der Waals surface area contributed by atoms with Crippen molar-refractivity contribution in [1.29, 1.82) is 0 Å². The Balaban J connectivity index is 1.81. The van der Waals surface area contributed by atoms with Gasteiger partial charge in [0.15, 0.2) is 0 Å². The number of ether oxygens (including phenoxy) is 1. The van der Waals surface area contributed by atoms with Gasteiger partial charge >= 0.3 is 0 Å². The number of nitrogens with zero attached hydrogens (tertiary/aromatic N) is 1.